The number of hydrogen-bond donors (Lipinski definition) is 3. The van der Waals surface area contributed by atoms with Crippen LogP contribution >= 0.6 is 23.1 Å². The topological polar surface area (TPSA) is 151 Å². The number of methoxy groups -OCH3 is 1. The maximum atomic E-state index is 14.2. The molecule has 0 spiro atoms. The van der Waals surface area contributed by atoms with Crippen molar-refractivity contribution in [2.75, 3.05) is 31.3 Å². The lowest BCUT2D eigenvalue weighted by Gasteiger charge is -2.30. The number of rotatable bonds is 16. The van der Waals surface area contributed by atoms with Crippen molar-refractivity contribution in [3.63, 3.8) is 0 Å². The van der Waals surface area contributed by atoms with E-state index in [9.17, 15) is 23.1 Å². The Labute approximate surface area is 306 Å². The van der Waals surface area contributed by atoms with Crippen molar-refractivity contribution in [3.8, 4) is 0 Å². The van der Waals surface area contributed by atoms with Crippen LogP contribution in [0.15, 0.2) is 113 Å². The predicted octanol–water partition coefficient (Wildman–Crippen LogP) is 6.38. The number of pyridine rings is 1. The Morgan fingerprint density at radius 1 is 1.00 bits per heavy atom. The highest BCUT2D eigenvalue weighted by Crippen LogP contribution is 2.33. The number of anilines is 1. The SMILES string of the molecule is COC(=O)NC(C(=O)Nc1cnccc1SCC(CO)N(CCC(C)C)S(=O)(=O)c1ccc2ncsc2c1)C(c1ccccc1)c1ccccc1. The Morgan fingerprint density at radius 2 is 1.69 bits per heavy atom. The highest BCUT2D eigenvalue weighted by atomic mass is 32.2. The number of carbonyl (C=O) groups excluding carboxylic acids is 2. The Bertz CT molecular complexity index is 1970. The molecular weight excluding hydrogens is 707 g/mol. The van der Waals surface area contributed by atoms with Crippen molar-refractivity contribution in [3.05, 3.63) is 114 Å². The molecule has 268 valence electrons. The van der Waals surface area contributed by atoms with Gasteiger partial charge < -0.3 is 20.5 Å². The first-order chi connectivity index (χ1) is 24.6. The van der Waals surface area contributed by atoms with E-state index < -0.39 is 46.6 Å². The molecule has 3 N–H and O–H groups in total. The summed E-state index contributed by atoms with van der Waals surface area (Å²) in [6, 6.07) is 23.5. The Balaban J connectivity index is 1.41. The van der Waals surface area contributed by atoms with Gasteiger partial charge in [0, 0.05) is 29.3 Å². The molecule has 11 nitrogen and oxygen atoms in total. The lowest BCUT2D eigenvalue weighted by atomic mass is 9.84. The van der Waals surface area contributed by atoms with Crippen molar-refractivity contribution in [1.29, 1.82) is 0 Å². The van der Waals surface area contributed by atoms with Crippen molar-refractivity contribution in [1.82, 2.24) is 19.6 Å². The minimum Gasteiger partial charge on any atom is -0.453 e. The minimum atomic E-state index is -3.99. The van der Waals surface area contributed by atoms with Gasteiger partial charge in [-0.2, -0.15) is 4.31 Å². The Hall–Kier alpha value is -4.34. The second kappa shape index (κ2) is 17.7. The van der Waals surface area contributed by atoms with Gasteiger partial charge in [-0.1, -0.05) is 74.5 Å². The summed E-state index contributed by atoms with van der Waals surface area (Å²) < 4.78 is 35.2. The molecule has 2 amide bonds. The number of thioether (sulfide) groups is 1. The molecule has 0 aliphatic rings. The van der Waals surface area contributed by atoms with E-state index in [0.29, 0.717) is 17.0 Å². The average molecular weight is 748 g/mol. The van der Waals surface area contributed by atoms with E-state index >= 15 is 0 Å². The van der Waals surface area contributed by atoms with Gasteiger partial charge in [0.2, 0.25) is 15.9 Å². The van der Waals surface area contributed by atoms with E-state index in [0.717, 1.165) is 21.3 Å². The number of carbonyl (C=O) groups is 2. The summed E-state index contributed by atoms with van der Waals surface area (Å²) in [5, 5.41) is 16.3. The molecule has 0 fully saturated rings. The summed E-state index contributed by atoms with van der Waals surface area (Å²) in [5.41, 5.74) is 4.38. The van der Waals surface area contributed by atoms with Crippen LogP contribution in [0, 0.1) is 5.92 Å². The summed E-state index contributed by atoms with van der Waals surface area (Å²) in [4.78, 5) is 36.0. The average Bonchev–Trinajstić information content (AvgIpc) is 3.62. The van der Waals surface area contributed by atoms with Crippen LogP contribution in [0.25, 0.3) is 10.2 Å². The zero-order valence-corrected chi connectivity index (χ0v) is 31.0. The maximum absolute atomic E-state index is 14.2. The number of benzene rings is 3. The first-order valence-electron chi connectivity index (χ1n) is 16.4. The highest BCUT2D eigenvalue weighted by molar-refractivity contribution is 7.99. The molecule has 0 radical (unpaired) electrons. The molecule has 2 unspecified atom stereocenters. The maximum Gasteiger partial charge on any atom is 0.407 e. The molecule has 14 heteroatoms. The first kappa shape index (κ1) is 37.9. The molecule has 0 saturated carbocycles. The number of thiazole rings is 1. The van der Waals surface area contributed by atoms with Gasteiger partial charge in [-0.05, 0) is 47.7 Å². The molecule has 0 saturated heterocycles. The minimum absolute atomic E-state index is 0.138. The van der Waals surface area contributed by atoms with Crippen molar-refractivity contribution < 1.29 is 27.9 Å². The summed E-state index contributed by atoms with van der Waals surface area (Å²) in [5.74, 6) is -0.666. The van der Waals surface area contributed by atoms with Crippen LogP contribution in [0.4, 0.5) is 10.5 Å². The number of hydrogen-bond acceptors (Lipinski definition) is 10. The van der Waals surface area contributed by atoms with E-state index in [4.69, 9.17) is 4.74 Å². The van der Waals surface area contributed by atoms with Crippen molar-refractivity contribution in [2.24, 2.45) is 5.92 Å². The summed E-state index contributed by atoms with van der Waals surface area (Å²) in [6.07, 6.45) is 2.90. The third-order valence-corrected chi connectivity index (χ3v) is 12.3. The van der Waals surface area contributed by atoms with Gasteiger partial charge in [0.25, 0.3) is 0 Å². The Morgan fingerprint density at radius 3 is 2.31 bits per heavy atom. The number of aliphatic hydroxyl groups excluding tert-OH is 1. The molecule has 5 aromatic rings. The molecule has 2 heterocycles. The van der Waals surface area contributed by atoms with Crippen LogP contribution in [-0.2, 0) is 19.6 Å². The predicted molar refractivity (Wildman–Crippen MR) is 201 cm³/mol. The normalized spacial score (nSPS) is 13.0. The molecule has 5 rings (SSSR count). The van der Waals surface area contributed by atoms with Gasteiger partial charge in [0.05, 0.1) is 52.3 Å². The molecule has 0 bridgehead atoms. The smallest absolute Gasteiger partial charge is 0.407 e. The second-order valence-corrected chi connectivity index (χ2v) is 16.0. The number of nitrogens with one attached hydrogen (secondary N) is 2. The van der Waals surface area contributed by atoms with Crippen LogP contribution in [-0.4, -0.2) is 77.9 Å². The van der Waals surface area contributed by atoms with E-state index in [2.05, 4.69) is 20.6 Å². The largest absolute Gasteiger partial charge is 0.453 e. The fourth-order valence-corrected chi connectivity index (χ4v) is 9.24. The molecule has 0 aliphatic carbocycles. The van der Waals surface area contributed by atoms with Gasteiger partial charge >= 0.3 is 6.09 Å². The van der Waals surface area contributed by atoms with E-state index in [1.54, 1.807) is 36.0 Å². The number of aliphatic hydroxyl groups is 1. The molecule has 3 aromatic carbocycles. The molecule has 2 aromatic heterocycles. The zero-order valence-electron chi connectivity index (χ0n) is 28.5. The Kier molecular flexibility index (Phi) is 13.2. The van der Waals surface area contributed by atoms with Crippen LogP contribution in [0.5, 0.6) is 0 Å². The first-order valence-corrected chi connectivity index (χ1v) is 19.7. The quantitative estimate of drug-likeness (QED) is 0.0978. The van der Waals surface area contributed by atoms with Gasteiger partial charge in [-0.3, -0.25) is 9.78 Å². The third-order valence-electron chi connectivity index (χ3n) is 8.32. The monoisotopic (exact) mass is 747 g/mol. The fourth-order valence-electron chi connectivity index (χ4n) is 5.62. The number of amides is 2. The third kappa shape index (κ3) is 9.51. The molecule has 2 atom stereocenters. The van der Waals surface area contributed by atoms with E-state index in [1.807, 2.05) is 74.5 Å². The van der Waals surface area contributed by atoms with E-state index in [-0.39, 0.29) is 23.1 Å². The number of nitrogens with zero attached hydrogens (tertiary/aromatic N) is 3. The van der Waals surface area contributed by atoms with Crippen LogP contribution in [0.2, 0.25) is 0 Å². The fraction of sp³-hybridized carbons (Fsp3) is 0.297. The molecule has 0 aliphatic heterocycles. The van der Waals surface area contributed by atoms with Gasteiger partial charge in [0.15, 0.2) is 0 Å². The lowest BCUT2D eigenvalue weighted by Crippen LogP contribution is -2.48. The van der Waals surface area contributed by atoms with Gasteiger partial charge in [0.1, 0.15) is 6.04 Å². The lowest BCUT2D eigenvalue weighted by molar-refractivity contribution is -0.118. The van der Waals surface area contributed by atoms with Crippen LogP contribution in [0.1, 0.15) is 37.3 Å². The van der Waals surface area contributed by atoms with Crippen LogP contribution < -0.4 is 10.6 Å². The summed E-state index contributed by atoms with van der Waals surface area (Å²) in [6.45, 7) is 3.84. The summed E-state index contributed by atoms with van der Waals surface area (Å²) in [7, 11) is -2.76. The number of fused-ring (bicyclic) bond motifs is 1. The number of aromatic nitrogens is 2. The zero-order chi connectivity index (χ0) is 36.4. The van der Waals surface area contributed by atoms with Crippen LogP contribution in [0.3, 0.4) is 0 Å². The van der Waals surface area contributed by atoms with Crippen molar-refractivity contribution >= 4 is 61.0 Å². The number of ether oxygens (including phenoxy) is 1. The standard InChI is InChI=1S/C37H41N5O6S3/c1-25(2)17-19-42(51(46,47)29-14-15-30-33(20-29)50-24-39-30)28(22-43)23-49-32-16-18-38-21-31(32)40-36(44)35(41-37(45)48-3)34(26-10-6-4-7-11-26)27-12-8-5-9-13-27/h4-16,18,20-21,24-25,28,34-35,43H,17,19,22-23H2,1-3H3,(H,40,44)(H,41,45). The second-order valence-electron chi connectivity index (χ2n) is 12.2. The van der Waals surface area contributed by atoms with Crippen molar-refractivity contribution in [2.45, 2.75) is 48.1 Å². The summed E-state index contributed by atoms with van der Waals surface area (Å²) >= 11 is 2.65. The highest BCUT2D eigenvalue weighted by Gasteiger charge is 2.34. The number of sulfonamides is 1. The molecule has 51 heavy (non-hydrogen) atoms. The number of alkyl carbamates (subject to hydrolysis) is 1. The molecular formula is C37H41N5O6S3. The van der Waals surface area contributed by atoms with Gasteiger partial charge in [-0.15, -0.1) is 23.1 Å². The van der Waals surface area contributed by atoms with Gasteiger partial charge in [-0.25, -0.2) is 18.2 Å². The van der Waals surface area contributed by atoms with E-state index in [1.165, 1.54) is 40.7 Å².